The SMILES string of the molecule is Cc1cccnc1NC(=O)c1cc(C2CC2)nc2c1c(C)nn2C. The van der Waals surface area contributed by atoms with Crippen molar-refractivity contribution in [1.29, 1.82) is 0 Å². The lowest BCUT2D eigenvalue weighted by Gasteiger charge is -2.10. The van der Waals surface area contributed by atoms with Gasteiger partial charge in [0, 0.05) is 24.9 Å². The lowest BCUT2D eigenvalue weighted by Crippen LogP contribution is -2.15. The molecule has 1 amide bonds. The Balaban J connectivity index is 1.82. The van der Waals surface area contributed by atoms with Gasteiger partial charge in [0.1, 0.15) is 5.82 Å². The first-order chi connectivity index (χ1) is 11.5. The molecule has 0 aromatic carbocycles. The summed E-state index contributed by atoms with van der Waals surface area (Å²) >= 11 is 0. The van der Waals surface area contributed by atoms with E-state index in [2.05, 4.69) is 15.4 Å². The zero-order valence-electron chi connectivity index (χ0n) is 14.0. The first-order valence-corrected chi connectivity index (χ1v) is 8.12. The minimum atomic E-state index is -0.165. The van der Waals surface area contributed by atoms with Crippen LogP contribution >= 0.6 is 0 Å². The first kappa shape index (κ1) is 14.8. The third kappa shape index (κ3) is 2.44. The summed E-state index contributed by atoms with van der Waals surface area (Å²) in [5.41, 5.74) is 4.11. The van der Waals surface area contributed by atoms with Gasteiger partial charge in [-0.25, -0.2) is 9.97 Å². The van der Waals surface area contributed by atoms with Crippen LogP contribution in [0.1, 0.15) is 46.1 Å². The largest absolute Gasteiger partial charge is 0.306 e. The van der Waals surface area contributed by atoms with E-state index >= 15 is 0 Å². The summed E-state index contributed by atoms with van der Waals surface area (Å²) in [5, 5.41) is 8.18. The molecule has 3 heterocycles. The van der Waals surface area contributed by atoms with Crippen molar-refractivity contribution in [1.82, 2.24) is 19.7 Å². The zero-order chi connectivity index (χ0) is 16.8. The third-order valence-electron chi connectivity index (χ3n) is 4.47. The van der Waals surface area contributed by atoms with E-state index in [1.807, 2.05) is 39.1 Å². The van der Waals surface area contributed by atoms with Crippen molar-refractivity contribution in [2.24, 2.45) is 7.05 Å². The summed E-state index contributed by atoms with van der Waals surface area (Å²) in [4.78, 5) is 21.9. The van der Waals surface area contributed by atoms with Crippen molar-refractivity contribution < 1.29 is 4.79 Å². The van der Waals surface area contributed by atoms with Crippen LogP contribution in [0.5, 0.6) is 0 Å². The van der Waals surface area contributed by atoms with E-state index < -0.39 is 0 Å². The number of anilines is 1. The lowest BCUT2D eigenvalue weighted by atomic mass is 10.1. The van der Waals surface area contributed by atoms with Gasteiger partial charge in [-0.05, 0) is 44.4 Å². The number of rotatable bonds is 3. The van der Waals surface area contributed by atoms with Crippen LogP contribution in [0, 0.1) is 13.8 Å². The van der Waals surface area contributed by atoms with Crippen LogP contribution < -0.4 is 5.32 Å². The van der Waals surface area contributed by atoms with Crippen LogP contribution in [0.4, 0.5) is 5.82 Å². The average Bonchev–Trinajstić information content (AvgIpc) is 3.36. The van der Waals surface area contributed by atoms with E-state index in [9.17, 15) is 4.79 Å². The number of aromatic nitrogens is 4. The third-order valence-corrected chi connectivity index (χ3v) is 4.47. The molecular formula is C18H19N5O. The second-order valence-electron chi connectivity index (χ2n) is 6.40. The van der Waals surface area contributed by atoms with Gasteiger partial charge in [-0.1, -0.05) is 6.07 Å². The van der Waals surface area contributed by atoms with E-state index in [1.165, 1.54) is 0 Å². The van der Waals surface area contributed by atoms with E-state index in [-0.39, 0.29) is 5.91 Å². The van der Waals surface area contributed by atoms with Gasteiger partial charge in [0.25, 0.3) is 5.91 Å². The van der Waals surface area contributed by atoms with Crippen molar-refractivity contribution in [2.75, 3.05) is 5.32 Å². The molecule has 24 heavy (non-hydrogen) atoms. The molecule has 4 rings (SSSR count). The van der Waals surface area contributed by atoms with Crippen LogP contribution in [-0.2, 0) is 7.05 Å². The number of fused-ring (bicyclic) bond motifs is 1. The van der Waals surface area contributed by atoms with Crippen molar-refractivity contribution in [3.8, 4) is 0 Å². The van der Waals surface area contributed by atoms with Crippen LogP contribution in [0.2, 0.25) is 0 Å². The zero-order valence-corrected chi connectivity index (χ0v) is 14.0. The lowest BCUT2D eigenvalue weighted by molar-refractivity contribution is 0.102. The Hall–Kier alpha value is -2.76. The molecule has 6 nitrogen and oxygen atoms in total. The minimum Gasteiger partial charge on any atom is -0.306 e. The predicted octanol–water partition coefficient (Wildman–Crippen LogP) is 3.11. The minimum absolute atomic E-state index is 0.165. The van der Waals surface area contributed by atoms with E-state index in [0.717, 1.165) is 40.8 Å². The van der Waals surface area contributed by atoms with Gasteiger partial charge in [-0.3, -0.25) is 9.48 Å². The Bertz CT molecular complexity index is 955. The summed E-state index contributed by atoms with van der Waals surface area (Å²) in [5.74, 6) is 0.886. The summed E-state index contributed by atoms with van der Waals surface area (Å²) < 4.78 is 1.75. The number of hydrogen-bond donors (Lipinski definition) is 1. The van der Waals surface area contributed by atoms with Gasteiger partial charge in [-0.15, -0.1) is 0 Å². The predicted molar refractivity (Wildman–Crippen MR) is 92.1 cm³/mol. The molecule has 3 aromatic heterocycles. The Kier molecular flexibility index (Phi) is 3.33. The number of carbonyl (C=O) groups is 1. The van der Waals surface area contributed by atoms with E-state index in [1.54, 1.807) is 10.9 Å². The van der Waals surface area contributed by atoms with Crippen molar-refractivity contribution in [2.45, 2.75) is 32.6 Å². The fourth-order valence-corrected chi connectivity index (χ4v) is 3.02. The Labute approximate surface area is 139 Å². The molecule has 0 radical (unpaired) electrons. The molecule has 6 heteroatoms. The molecule has 1 aliphatic rings. The Morgan fingerprint density at radius 3 is 2.83 bits per heavy atom. The molecule has 1 N–H and O–H groups in total. The van der Waals surface area contributed by atoms with Crippen molar-refractivity contribution in [3.63, 3.8) is 0 Å². The molecule has 1 aliphatic carbocycles. The number of hydrogen-bond acceptors (Lipinski definition) is 4. The van der Waals surface area contributed by atoms with E-state index in [0.29, 0.717) is 17.3 Å². The summed E-state index contributed by atoms with van der Waals surface area (Å²) in [6.45, 7) is 3.83. The molecule has 122 valence electrons. The van der Waals surface area contributed by atoms with Crippen molar-refractivity contribution >= 4 is 22.8 Å². The summed E-state index contributed by atoms with van der Waals surface area (Å²) in [7, 11) is 1.86. The maximum atomic E-state index is 12.9. The fourth-order valence-electron chi connectivity index (χ4n) is 3.02. The van der Waals surface area contributed by atoms with Gasteiger partial charge in [0.05, 0.1) is 16.6 Å². The Morgan fingerprint density at radius 2 is 2.12 bits per heavy atom. The number of amides is 1. The monoisotopic (exact) mass is 321 g/mol. The number of nitrogens with zero attached hydrogens (tertiary/aromatic N) is 4. The molecule has 0 unspecified atom stereocenters. The van der Waals surface area contributed by atoms with Crippen molar-refractivity contribution in [3.05, 3.63) is 46.9 Å². The van der Waals surface area contributed by atoms with Gasteiger partial charge in [-0.2, -0.15) is 5.10 Å². The highest BCUT2D eigenvalue weighted by Crippen LogP contribution is 2.40. The molecule has 3 aromatic rings. The quantitative estimate of drug-likeness (QED) is 0.804. The average molecular weight is 321 g/mol. The number of aryl methyl sites for hydroxylation is 3. The molecule has 0 atom stereocenters. The van der Waals surface area contributed by atoms with Gasteiger partial charge < -0.3 is 5.32 Å². The molecule has 0 aliphatic heterocycles. The highest BCUT2D eigenvalue weighted by molar-refractivity contribution is 6.12. The molecule has 0 bridgehead atoms. The van der Waals surface area contributed by atoms with Gasteiger partial charge in [0.15, 0.2) is 5.65 Å². The number of nitrogens with one attached hydrogen (secondary N) is 1. The normalized spacial score (nSPS) is 14.1. The van der Waals surface area contributed by atoms with Gasteiger partial charge >= 0.3 is 0 Å². The maximum absolute atomic E-state index is 12.9. The topological polar surface area (TPSA) is 72.7 Å². The van der Waals surface area contributed by atoms with Crippen LogP contribution in [0.25, 0.3) is 11.0 Å². The molecule has 0 saturated heterocycles. The highest BCUT2D eigenvalue weighted by atomic mass is 16.1. The second kappa shape index (κ2) is 5.40. The van der Waals surface area contributed by atoms with Crippen LogP contribution in [-0.4, -0.2) is 25.7 Å². The maximum Gasteiger partial charge on any atom is 0.257 e. The van der Waals surface area contributed by atoms with Gasteiger partial charge in [0.2, 0.25) is 0 Å². The smallest absolute Gasteiger partial charge is 0.257 e. The summed E-state index contributed by atoms with van der Waals surface area (Å²) in [6.07, 6.45) is 3.95. The second-order valence-corrected chi connectivity index (χ2v) is 6.40. The molecule has 1 fully saturated rings. The summed E-state index contributed by atoms with van der Waals surface area (Å²) in [6, 6.07) is 5.70. The van der Waals surface area contributed by atoms with Crippen LogP contribution in [0.15, 0.2) is 24.4 Å². The first-order valence-electron chi connectivity index (χ1n) is 8.12. The molecule has 1 saturated carbocycles. The Morgan fingerprint density at radius 1 is 1.33 bits per heavy atom. The molecular weight excluding hydrogens is 302 g/mol. The molecule has 0 spiro atoms. The highest BCUT2D eigenvalue weighted by Gasteiger charge is 2.28. The van der Waals surface area contributed by atoms with Crippen LogP contribution in [0.3, 0.4) is 0 Å². The standard InChI is InChI=1S/C18H19N5O/c1-10-5-4-8-19-16(10)21-18(24)13-9-14(12-6-7-12)20-17-15(13)11(2)22-23(17)3/h4-5,8-9,12H,6-7H2,1-3H3,(H,19,21,24). The van der Waals surface area contributed by atoms with E-state index in [4.69, 9.17) is 4.98 Å². The number of carbonyl (C=O) groups excluding carboxylic acids is 1. The fraction of sp³-hybridized carbons (Fsp3) is 0.333. The number of pyridine rings is 2.